The standard InChI is InChI=1S/C22H25F3N4O4/c1-28-8-6-12(7-9-28)18(22(23,24)25)27-19(31)13-2-3-15-14(10-13)11-29(21(15)33)16-4-5-17(30)26-20(16)32/h2-3,10,12,16,18H,4-9,11H2,1H3,(H,27,31)(H,26,30,32). The molecule has 1 aromatic rings. The molecule has 0 bridgehead atoms. The number of imide groups is 1. The molecule has 11 heteroatoms. The average molecular weight is 466 g/mol. The highest BCUT2D eigenvalue weighted by atomic mass is 19.4. The summed E-state index contributed by atoms with van der Waals surface area (Å²) in [7, 11) is 1.85. The van der Waals surface area contributed by atoms with Gasteiger partial charge >= 0.3 is 6.18 Å². The molecule has 33 heavy (non-hydrogen) atoms. The Labute approximate surface area is 188 Å². The molecule has 1 aromatic carbocycles. The number of carbonyl (C=O) groups is 4. The molecule has 4 rings (SSSR count). The van der Waals surface area contributed by atoms with Gasteiger partial charge < -0.3 is 15.1 Å². The second-order valence-corrected chi connectivity index (χ2v) is 8.91. The molecular formula is C22H25F3N4O4. The molecule has 0 aliphatic carbocycles. The van der Waals surface area contributed by atoms with Gasteiger partial charge in [-0.1, -0.05) is 0 Å². The Bertz CT molecular complexity index is 988. The van der Waals surface area contributed by atoms with E-state index in [9.17, 15) is 32.3 Å². The van der Waals surface area contributed by atoms with E-state index in [1.165, 1.54) is 23.1 Å². The van der Waals surface area contributed by atoms with Crippen LogP contribution in [0.15, 0.2) is 18.2 Å². The van der Waals surface area contributed by atoms with Gasteiger partial charge in [-0.3, -0.25) is 24.5 Å². The number of piperidine rings is 2. The Hall–Kier alpha value is -2.95. The summed E-state index contributed by atoms with van der Waals surface area (Å²) in [6.07, 6.45) is -3.60. The van der Waals surface area contributed by atoms with Crippen LogP contribution in [0.3, 0.4) is 0 Å². The number of likely N-dealkylation sites (tertiary alicyclic amines) is 1. The minimum absolute atomic E-state index is 0.0221. The number of benzene rings is 1. The molecular weight excluding hydrogens is 441 g/mol. The number of carbonyl (C=O) groups excluding carboxylic acids is 4. The van der Waals surface area contributed by atoms with E-state index < -0.39 is 47.8 Å². The molecule has 0 saturated carbocycles. The van der Waals surface area contributed by atoms with Gasteiger partial charge in [0.25, 0.3) is 11.8 Å². The predicted molar refractivity (Wildman–Crippen MR) is 110 cm³/mol. The third-order valence-corrected chi connectivity index (χ3v) is 6.66. The Morgan fingerprint density at radius 2 is 1.85 bits per heavy atom. The van der Waals surface area contributed by atoms with Crippen molar-refractivity contribution in [2.45, 2.75) is 50.5 Å². The fourth-order valence-electron chi connectivity index (χ4n) is 4.77. The first-order valence-corrected chi connectivity index (χ1v) is 10.9. The summed E-state index contributed by atoms with van der Waals surface area (Å²) in [5.41, 5.74) is 0.771. The first-order valence-electron chi connectivity index (χ1n) is 10.9. The van der Waals surface area contributed by atoms with Crippen LogP contribution in [-0.4, -0.2) is 71.8 Å². The van der Waals surface area contributed by atoms with Gasteiger partial charge in [-0.05, 0) is 69.1 Å². The van der Waals surface area contributed by atoms with Crippen LogP contribution in [0.4, 0.5) is 13.2 Å². The summed E-state index contributed by atoms with van der Waals surface area (Å²) >= 11 is 0. The molecule has 0 spiro atoms. The van der Waals surface area contributed by atoms with E-state index >= 15 is 0 Å². The lowest BCUT2D eigenvalue weighted by molar-refractivity contribution is -0.168. The van der Waals surface area contributed by atoms with Crippen LogP contribution in [0, 0.1) is 5.92 Å². The quantitative estimate of drug-likeness (QED) is 0.655. The second kappa shape index (κ2) is 8.77. The van der Waals surface area contributed by atoms with Crippen LogP contribution in [0.5, 0.6) is 0 Å². The first-order chi connectivity index (χ1) is 15.5. The molecule has 4 amide bonds. The van der Waals surface area contributed by atoms with Crippen molar-refractivity contribution in [3.05, 3.63) is 34.9 Å². The number of hydrogen-bond donors (Lipinski definition) is 2. The van der Waals surface area contributed by atoms with Gasteiger partial charge in [-0.2, -0.15) is 13.2 Å². The molecule has 178 valence electrons. The maximum absolute atomic E-state index is 13.7. The van der Waals surface area contributed by atoms with Gasteiger partial charge in [0.1, 0.15) is 12.1 Å². The van der Waals surface area contributed by atoms with E-state index in [2.05, 4.69) is 10.6 Å². The first kappa shape index (κ1) is 23.2. The monoisotopic (exact) mass is 466 g/mol. The minimum atomic E-state index is -4.58. The number of alkyl halides is 3. The zero-order valence-electron chi connectivity index (χ0n) is 18.1. The van der Waals surface area contributed by atoms with Crippen LogP contribution in [-0.2, 0) is 16.1 Å². The van der Waals surface area contributed by atoms with E-state index in [1.54, 1.807) is 0 Å². The van der Waals surface area contributed by atoms with Gasteiger partial charge in [0, 0.05) is 24.1 Å². The Morgan fingerprint density at radius 3 is 2.48 bits per heavy atom. The fraction of sp³-hybridized carbons (Fsp3) is 0.545. The highest BCUT2D eigenvalue weighted by Gasteiger charge is 2.46. The molecule has 8 nitrogen and oxygen atoms in total. The Kier molecular flexibility index (Phi) is 6.17. The number of nitrogens with zero attached hydrogens (tertiary/aromatic N) is 2. The predicted octanol–water partition coefficient (Wildman–Crippen LogP) is 1.45. The van der Waals surface area contributed by atoms with E-state index in [-0.39, 0.29) is 24.9 Å². The van der Waals surface area contributed by atoms with Gasteiger partial charge in [-0.15, -0.1) is 0 Å². The number of fused-ring (bicyclic) bond motifs is 1. The highest BCUT2D eigenvalue weighted by Crippen LogP contribution is 2.32. The Morgan fingerprint density at radius 1 is 1.15 bits per heavy atom. The van der Waals surface area contributed by atoms with E-state index in [0.29, 0.717) is 37.1 Å². The number of hydrogen-bond acceptors (Lipinski definition) is 5. The number of nitrogens with one attached hydrogen (secondary N) is 2. The van der Waals surface area contributed by atoms with Crippen molar-refractivity contribution in [1.29, 1.82) is 0 Å². The molecule has 0 radical (unpaired) electrons. The molecule has 2 N–H and O–H groups in total. The zero-order valence-corrected chi connectivity index (χ0v) is 18.1. The molecule has 2 fully saturated rings. The lowest BCUT2D eigenvalue weighted by Crippen LogP contribution is -2.52. The van der Waals surface area contributed by atoms with Crippen LogP contribution in [0.1, 0.15) is 52.0 Å². The number of rotatable bonds is 4. The van der Waals surface area contributed by atoms with Gasteiger partial charge in [0.15, 0.2) is 0 Å². The van der Waals surface area contributed by atoms with Crippen LogP contribution >= 0.6 is 0 Å². The van der Waals surface area contributed by atoms with Crippen molar-refractivity contribution >= 4 is 23.6 Å². The summed E-state index contributed by atoms with van der Waals surface area (Å²) in [4.78, 5) is 52.3. The van der Waals surface area contributed by atoms with E-state index in [1.807, 2.05) is 11.9 Å². The summed E-state index contributed by atoms with van der Waals surface area (Å²) < 4.78 is 41.2. The molecule has 2 unspecified atom stereocenters. The van der Waals surface area contributed by atoms with Crippen molar-refractivity contribution in [1.82, 2.24) is 20.4 Å². The maximum Gasteiger partial charge on any atom is 0.408 e. The van der Waals surface area contributed by atoms with Crippen molar-refractivity contribution in [2.24, 2.45) is 5.92 Å². The molecule has 2 saturated heterocycles. The molecule has 3 aliphatic rings. The summed E-state index contributed by atoms with van der Waals surface area (Å²) in [6, 6.07) is 1.36. The van der Waals surface area contributed by atoms with Crippen molar-refractivity contribution in [2.75, 3.05) is 20.1 Å². The minimum Gasteiger partial charge on any atom is -0.340 e. The van der Waals surface area contributed by atoms with E-state index in [0.717, 1.165) is 0 Å². The third kappa shape index (κ3) is 4.73. The Balaban J connectivity index is 1.49. The summed E-state index contributed by atoms with van der Waals surface area (Å²) in [5.74, 6) is -2.93. The molecule has 3 aliphatic heterocycles. The van der Waals surface area contributed by atoms with E-state index in [4.69, 9.17) is 0 Å². The van der Waals surface area contributed by atoms with Gasteiger partial charge in [0.05, 0.1) is 0 Å². The third-order valence-electron chi connectivity index (χ3n) is 6.66. The van der Waals surface area contributed by atoms with Crippen LogP contribution < -0.4 is 10.6 Å². The van der Waals surface area contributed by atoms with Gasteiger partial charge in [0.2, 0.25) is 11.8 Å². The smallest absolute Gasteiger partial charge is 0.340 e. The SMILES string of the molecule is CN1CCC(C(NC(=O)c2ccc3c(c2)CN(C2CCC(=O)NC2=O)C3=O)C(F)(F)F)CC1. The second-order valence-electron chi connectivity index (χ2n) is 8.91. The number of halogens is 3. The fourth-order valence-corrected chi connectivity index (χ4v) is 4.77. The normalized spacial score (nSPS) is 23.3. The number of amides is 4. The molecule has 3 heterocycles. The highest BCUT2D eigenvalue weighted by molar-refractivity contribution is 6.06. The lowest BCUT2D eigenvalue weighted by atomic mass is 9.89. The molecule has 2 atom stereocenters. The largest absolute Gasteiger partial charge is 0.408 e. The summed E-state index contributed by atoms with van der Waals surface area (Å²) in [6.45, 7) is 1.10. The average Bonchev–Trinajstić information content (AvgIpc) is 3.07. The molecule has 0 aromatic heterocycles. The van der Waals surface area contributed by atoms with Crippen molar-refractivity contribution < 1.29 is 32.3 Å². The zero-order chi connectivity index (χ0) is 23.9. The van der Waals surface area contributed by atoms with Crippen LogP contribution in [0.2, 0.25) is 0 Å². The topological polar surface area (TPSA) is 98.8 Å². The lowest BCUT2D eigenvalue weighted by Gasteiger charge is -2.35. The van der Waals surface area contributed by atoms with Gasteiger partial charge in [-0.25, -0.2) is 0 Å². The summed E-state index contributed by atoms with van der Waals surface area (Å²) in [5, 5.41) is 4.37. The van der Waals surface area contributed by atoms with Crippen molar-refractivity contribution in [3.63, 3.8) is 0 Å². The van der Waals surface area contributed by atoms with Crippen molar-refractivity contribution in [3.8, 4) is 0 Å². The maximum atomic E-state index is 13.7. The van der Waals surface area contributed by atoms with Crippen LogP contribution in [0.25, 0.3) is 0 Å².